The quantitative estimate of drug-likeness (QED) is 0.896. The predicted octanol–water partition coefficient (Wildman–Crippen LogP) is 3.64. The van der Waals surface area contributed by atoms with Crippen molar-refractivity contribution in [3.63, 3.8) is 0 Å². The van der Waals surface area contributed by atoms with Crippen molar-refractivity contribution < 1.29 is 0 Å². The van der Waals surface area contributed by atoms with Crippen LogP contribution in [0.15, 0.2) is 42.6 Å². The minimum atomic E-state index is 0.829. The van der Waals surface area contributed by atoms with E-state index in [4.69, 9.17) is 0 Å². The molecule has 20 heavy (non-hydrogen) atoms. The molecule has 0 bridgehead atoms. The SMILES string of the molecule is CN(C)c1ncccc1NCc1ccc(C2CC2)cc1. The van der Waals surface area contributed by atoms with Gasteiger partial charge in [-0.05, 0) is 42.0 Å². The molecule has 1 aliphatic rings. The fourth-order valence-electron chi connectivity index (χ4n) is 2.41. The number of pyridine rings is 1. The van der Waals surface area contributed by atoms with Crippen LogP contribution >= 0.6 is 0 Å². The van der Waals surface area contributed by atoms with E-state index in [1.807, 2.05) is 31.3 Å². The largest absolute Gasteiger partial charge is 0.378 e. The second-order valence-electron chi connectivity index (χ2n) is 5.64. The van der Waals surface area contributed by atoms with E-state index in [9.17, 15) is 0 Å². The Morgan fingerprint density at radius 1 is 1.15 bits per heavy atom. The van der Waals surface area contributed by atoms with Crippen molar-refractivity contribution in [2.75, 3.05) is 24.3 Å². The van der Waals surface area contributed by atoms with Crippen LogP contribution in [0.25, 0.3) is 0 Å². The zero-order chi connectivity index (χ0) is 13.9. The summed E-state index contributed by atoms with van der Waals surface area (Å²) in [4.78, 5) is 6.43. The molecule has 1 N–H and O–H groups in total. The second kappa shape index (κ2) is 5.53. The van der Waals surface area contributed by atoms with Crippen LogP contribution in [0.3, 0.4) is 0 Å². The monoisotopic (exact) mass is 267 g/mol. The number of benzene rings is 1. The van der Waals surface area contributed by atoms with E-state index in [2.05, 4.69) is 40.6 Å². The third kappa shape index (κ3) is 2.93. The Hall–Kier alpha value is -2.03. The normalized spacial score (nSPS) is 14.1. The molecule has 1 aromatic heterocycles. The Balaban J connectivity index is 1.66. The van der Waals surface area contributed by atoms with Crippen molar-refractivity contribution in [3.8, 4) is 0 Å². The summed E-state index contributed by atoms with van der Waals surface area (Å²) in [5.41, 5.74) is 3.87. The average molecular weight is 267 g/mol. The molecule has 1 aromatic carbocycles. The Bertz CT molecular complexity index is 571. The highest BCUT2D eigenvalue weighted by Crippen LogP contribution is 2.39. The summed E-state index contributed by atoms with van der Waals surface area (Å²) < 4.78 is 0. The number of nitrogens with zero attached hydrogens (tertiary/aromatic N) is 2. The van der Waals surface area contributed by atoms with E-state index in [-0.39, 0.29) is 0 Å². The second-order valence-corrected chi connectivity index (χ2v) is 5.64. The van der Waals surface area contributed by atoms with Crippen LogP contribution in [0.1, 0.15) is 29.9 Å². The van der Waals surface area contributed by atoms with Crippen molar-refractivity contribution in [1.82, 2.24) is 4.98 Å². The number of hydrogen-bond donors (Lipinski definition) is 1. The molecule has 0 amide bonds. The lowest BCUT2D eigenvalue weighted by Gasteiger charge is -2.17. The summed E-state index contributed by atoms with van der Waals surface area (Å²) in [6.45, 7) is 0.831. The number of rotatable bonds is 5. The standard InChI is InChI=1S/C17H21N3/c1-20(2)17-16(4-3-11-18-17)19-12-13-5-7-14(8-6-13)15-9-10-15/h3-8,11,15,19H,9-10,12H2,1-2H3. The van der Waals surface area contributed by atoms with Crippen molar-refractivity contribution in [3.05, 3.63) is 53.7 Å². The van der Waals surface area contributed by atoms with E-state index in [0.717, 1.165) is 24.0 Å². The molecular formula is C17H21N3. The van der Waals surface area contributed by atoms with Gasteiger partial charge in [0.15, 0.2) is 5.82 Å². The minimum Gasteiger partial charge on any atom is -0.378 e. The van der Waals surface area contributed by atoms with Crippen molar-refractivity contribution in [2.24, 2.45) is 0 Å². The molecule has 1 saturated carbocycles. The molecule has 1 heterocycles. The van der Waals surface area contributed by atoms with Gasteiger partial charge in [0.1, 0.15) is 0 Å². The maximum Gasteiger partial charge on any atom is 0.151 e. The predicted molar refractivity (Wildman–Crippen MR) is 84.3 cm³/mol. The number of nitrogens with one attached hydrogen (secondary N) is 1. The smallest absolute Gasteiger partial charge is 0.151 e. The molecule has 2 aromatic rings. The molecule has 3 heteroatoms. The number of anilines is 2. The zero-order valence-corrected chi connectivity index (χ0v) is 12.1. The topological polar surface area (TPSA) is 28.2 Å². The lowest BCUT2D eigenvalue weighted by molar-refractivity contribution is 1.05. The molecule has 1 aliphatic carbocycles. The summed E-state index contributed by atoms with van der Waals surface area (Å²) in [6, 6.07) is 13.0. The Labute approximate surface area is 120 Å². The molecule has 0 saturated heterocycles. The van der Waals surface area contributed by atoms with E-state index in [1.165, 1.54) is 24.0 Å². The molecule has 3 rings (SSSR count). The van der Waals surface area contributed by atoms with Gasteiger partial charge in [0.25, 0.3) is 0 Å². The first-order valence-electron chi connectivity index (χ1n) is 7.19. The average Bonchev–Trinajstić information content (AvgIpc) is 3.30. The van der Waals surface area contributed by atoms with Gasteiger partial charge in [0.2, 0.25) is 0 Å². The molecule has 0 radical (unpaired) electrons. The van der Waals surface area contributed by atoms with Crippen molar-refractivity contribution >= 4 is 11.5 Å². The molecule has 0 spiro atoms. The highest BCUT2D eigenvalue weighted by atomic mass is 15.2. The van der Waals surface area contributed by atoms with Gasteiger partial charge in [-0.2, -0.15) is 0 Å². The van der Waals surface area contributed by atoms with E-state index >= 15 is 0 Å². The maximum absolute atomic E-state index is 4.40. The first kappa shape index (κ1) is 13.0. The zero-order valence-electron chi connectivity index (χ0n) is 12.1. The Morgan fingerprint density at radius 2 is 1.90 bits per heavy atom. The highest BCUT2D eigenvalue weighted by molar-refractivity contribution is 5.64. The lowest BCUT2D eigenvalue weighted by atomic mass is 10.1. The van der Waals surface area contributed by atoms with Gasteiger partial charge < -0.3 is 10.2 Å². The van der Waals surface area contributed by atoms with Gasteiger partial charge in [0.05, 0.1) is 5.69 Å². The third-order valence-corrected chi connectivity index (χ3v) is 3.72. The van der Waals surface area contributed by atoms with E-state index < -0.39 is 0 Å². The van der Waals surface area contributed by atoms with Crippen LogP contribution in [0.2, 0.25) is 0 Å². The van der Waals surface area contributed by atoms with Crippen LogP contribution in [0, 0.1) is 0 Å². The molecule has 1 fully saturated rings. The minimum absolute atomic E-state index is 0.829. The van der Waals surface area contributed by atoms with Crippen LogP contribution < -0.4 is 10.2 Å². The van der Waals surface area contributed by atoms with Crippen LogP contribution in [0.5, 0.6) is 0 Å². The van der Waals surface area contributed by atoms with Crippen molar-refractivity contribution in [1.29, 1.82) is 0 Å². The summed E-state index contributed by atoms with van der Waals surface area (Å²) >= 11 is 0. The lowest BCUT2D eigenvalue weighted by Crippen LogP contribution is -2.13. The highest BCUT2D eigenvalue weighted by Gasteiger charge is 2.22. The summed E-state index contributed by atoms with van der Waals surface area (Å²) in [5.74, 6) is 1.80. The fourth-order valence-corrected chi connectivity index (χ4v) is 2.41. The molecule has 104 valence electrons. The van der Waals surface area contributed by atoms with Crippen LogP contribution in [-0.4, -0.2) is 19.1 Å². The van der Waals surface area contributed by atoms with Gasteiger partial charge in [0, 0.05) is 26.8 Å². The first-order chi connectivity index (χ1) is 9.74. The van der Waals surface area contributed by atoms with Gasteiger partial charge in [-0.25, -0.2) is 4.98 Å². The summed E-state index contributed by atoms with van der Waals surface area (Å²) in [6.07, 6.45) is 4.55. The van der Waals surface area contributed by atoms with Crippen LogP contribution in [-0.2, 0) is 6.54 Å². The number of hydrogen-bond acceptors (Lipinski definition) is 3. The van der Waals surface area contributed by atoms with Crippen LogP contribution in [0.4, 0.5) is 11.5 Å². The third-order valence-electron chi connectivity index (χ3n) is 3.72. The summed E-state index contributed by atoms with van der Waals surface area (Å²) in [7, 11) is 4.02. The number of aromatic nitrogens is 1. The van der Waals surface area contributed by atoms with Gasteiger partial charge in [-0.3, -0.25) is 0 Å². The van der Waals surface area contributed by atoms with Gasteiger partial charge in [-0.15, -0.1) is 0 Å². The van der Waals surface area contributed by atoms with Gasteiger partial charge in [-0.1, -0.05) is 24.3 Å². The Kier molecular flexibility index (Phi) is 3.59. The molecule has 0 unspecified atom stereocenters. The molecular weight excluding hydrogens is 246 g/mol. The first-order valence-corrected chi connectivity index (χ1v) is 7.19. The van der Waals surface area contributed by atoms with E-state index in [1.54, 1.807) is 0 Å². The van der Waals surface area contributed by atoms with Gasteiger partial charge >= 0.3 is 0 Å². The maximum atomic E-state index is 4.40. The fraction of sp³-hybridized carbons (Fsp3) is 0.353. The molecule has 3 nitrogen and oxygen atoms in total. The Morgan fingerprint density at radius 3 is 2.55 bits per heavy atom. The van der Waals surface area contributed by atoms with E-state index in [0.29, 0.717) is 0 Å². The summed E-state index contributed by atoms with van der Waals surface area (Å²) in [5, 5.41) is 3.47. The molecule has 0 aliphatic heterocycles. The molecule has 0 atom stereocenters. The van der Waals surface area contributed by atoms with Crippen molar-refractivity contribution in [2.45, 2.75) is 25.3 Å².